The molecule has 0 fully saturated rings. The second-order valence-corrected chi connectivity index (χ2v) is 1.99. The molecule has 0 aliphatic carbocycles. The Hall–Kier alpha value is -0.223. The van der Waals surface area contributed by atoms with Gasteiger partial charge in [0, 0.05) is 16.7 Å². The molecule has 0 N–H and O–H groups in total. The highest BCUT2D eigenvalue weighted by Crippen LogP contribution is 1.89. The molecule has 8 heavy (non-hydrogen) atoms. The van der Waals surface area contributed by atoms with E-state index in [1.165, 1.54) is 12.8 Å². The zero-order valence-corrected chi connectivity index (χ0v) is 6.33. The van der Waals surface area contributed by atoms with Gasteiger partial charge >= 0.3 is 0 Å². The summed E-state index contributed by atoms with van der Waals surface area (Å²) in [6.45, 7) is 2.18. The minimum Gasteiger partial charge on any atom is -0.107 e. The van der Waals surface area contributed by atoms with Crippen molar-refractivity contribution < 1.29 is 0 Å². The molecule has 0 saturated carbocycles. The third-order valence-electron chi connectivity index (χ3n) is 0.869. The first-order chi connectivity index (χ1) is 3.91. The monoisotopic (exact) mass is 123 g/mol. The summed E-state index contributed by atoms with van der Waals surface area (Å²) in [7, 11) is 3.27. The van der Waals surface area contributed by atoms with Crippen molar-refractivity contribution in [3.8, 4) is 11.8 Å². The molecule has 0 amide bonds. The van der Waals surface area contributed by atoms with Crippen molar-refractivity contribution in [3.05, 3.63) is 0 Å². The third kappa shape index (κ3) is 5.78. The van der Waals surface area contributed by atoms with Gasteiger partial charge in [-0.15, -0.1) is 11.8 Å². The summed E-state index contributed by atoms with van der Waals surface area (Å²) < 4.78 is 0. The Bertz CT molecular complexity index is 86.3. The van der Waals surface area contributed by atoms with Crippen LogP contribution >= 0.6 is 0 Å². The van der Waals surface area contributed by atoms with Crippen LogP contribution in [-0.4, -0.2) is 10.2 Å². The topological polar surface area (TPSA) is 0 Å². The number of hydrogen-bond donors (Lipinski definition) is 0. The van der Waals surface area contributed by atoms with E-state index in [9.17, 15) is 0 Å². The van der Waals surface area contributed by atoms with E-state index in [0.717, 1.165) is 12.5 Å². The maximum Gasteiger partial charge on any atom is 0.0396 e. The number of hydrogen-bond acceptors (Lipinski definition) is 0. The summed E-state index contributed by atoms with van der Waals surface area (Å²) >= 11 is 0. The summed E-state index contributed by atoms with van der Waals surface area (Å²) in [6, 6.07) is 0.809. The van der Waals surface area contributed by atoms with E-state index < -0.39 is 0 Å². The van der Waals surface area contributed by atoms with E-state index in [1.54, 1.807) is 0 Å². The number of unbranched alkanes of at least 4 members (excludes halogenated alkanes) is 2. The first kappa shape index (κ1) is 7.78. The average molecular weight is 123 g/mol. The molecule has 0 atom stereocenters. The van der Waals surface area contributed by atoms with Gasteiger partial charge in [0.25, 0.3) is 0 Å². The predicted octanol–water partition coefficient (Wildman–Crippen LogP) is 1.77. The minimum absolute atomic E-state index is 0.809. The minimum atomic E-state index is 0.809. The standard InChI is InChI=1S/C7H11Si/c1-2-3-4-5-6-7-8/h2-4,7H2,1H3. The molecule has 0 unspecified atom stereocenters. The summed E-state index contributed by atoms with van der Waals surface area (Å²) in [4.78, 5) is 0. The molecule has 1 heteroatoms. The Kier molecular flexibility index (Phi) is 6.59. The van der Waals surface area contributed by atoms with Crippen LogP contribution < -0.4 is 0 Å². The van der Waals surface area contributed by atoms with Crippen LogP contribution in [0, 0.1) is 11.8 Å². The van der Waals surface area contributed by atoms with E-state index in [1.807, 2.05) is 0 Å². The maximum absolute atomic E-state index is 3.27. The molecular weight excluding hydrogens is 112 g/mol. The van der Waals surface area contributed by atoms with E-state index in [0.29, 0.717) is 0 Å². The highest BCUT2D eigenvalue weighted by atomic mass is 28.1. The summed E-state index contributed by atoms with van der Waals surface area (Å²) in [5.74, 6) is 5.98. The Balaban J connectivity index is 2.90. The lowest BCUT2D eigenvalue weighted by Gasteiger charge is -1.81. The second kappa shape index (κ2) is 6.78. The van der Waals surface area contributed by atoms with Gasteiger partial charge in [-0.3, -0.25) is 0 Å². The molecule has 0 heterocycles. The third-order valence-corrected chi connectivity index (χ3v) is 1.05. The lowest BCUT2D eigenvalue weighted by atomic mass is 10.3. The van der Waals surface area contributed by atoms with Crippen molar-refractivity contribution in [1.29, 1.82) is 0 Å². The molecule has 0 aliphatic rings. The summed E-state index contributed by atoms with van der Waals surface area (Å²) in [5, 5.41) is 0. The Morgan fingerprint density at radius 3 is 2.62 bits per heavy atom. The van der Waals surface area contributed by atoms with Gasteiger partial charge in [-0.1, -0.05) is 13.3 Å². The SMILES string of the molecule is CCCCC#CC[Si]. The van der Waals surface area contributed by atoms with Crippen LogP contribution in [0.2, 0.25) is 6.04 Å². The predicted molar refractivity (Wildman–Crippen MR) is 37.9 cm³/mol. The zero-order chi connectivity index (χ0) is 6.24. The normalized spacial score (nSPS) is 7.75. The van der Waals surface area contributed by atoms with Crippen molar-refractivity contribution in [1.82, 2.24) is 0 Å². The van der Waals surface area contributed by atoms with Gasteiger partial charge in [0.2, 0.25) is 0 Å². The summed E-state index contributed by atoms with van der Waals surface area (Å²) in [6.07, 6.45) is 3.54. The van der Waals surface area contributed by atoms with Crippen molar-refractivity contribution in [2.75, 3.05) is 0 Å². The van der Waals surface area contributed by atoms with Crippen LogP contribution in [0.5, 0.6) is 0 Å². The molecule has 0 bridgehead atoms. The molecule has 0 spiro atoms. The quantitative estimate of drug-likeness (QED) is 0.298. The van der Waals surface area contributed by atoms with Gasteiger partial charge in [0.05, 0.1) is 0 Å². The van der Waals surface area contributed by atoms with Crippen molar-refractivity contribution in [2.45, 2.75) is 32.2 Å². The Morgan fingerprint density at radius 2 is 2.12 bits per heavy atom. The van der Waals surface area contributed by atoms with Crippen LogP contribution in [0.25, 0.3) is 0 Å². The summed E-state index contributed by atoms with van der Waals surface area (Å²) in [5.41, 5.74) is 0. The highest BCUT2D eigenvalue weighted by molar-refractivity contribution is 6.10. The first-order valence-electron chi connectivity index (χ1n) is 3.02. The van der Waals surface area contributed by atoms with Gasteiger partial charge in [-0.2, -0.15) is 0 Å². The lowest BCUT2D eigenvalue weighted by molar-refractivity contribution is 0.828. The molecule has 0 aliphatic heterocycles. The van der Waals surface area contributed by atoms with Crippen LogP contribution in [-0.2, 0) is 0 Å². The lowest BCUT2D eigenvalue weighted by Crippen LogP contribution is -1.66. The molecule has 3 radical (unpaired) electrons. The van der Waals surface area contributed by atoms with Gasteiger partial charge in [0.15, 0.2) is 0 Å². The van der Waals surface area contributed by atoms with Gasteiger partial charge in [0.1, 0.15) is 0 Å². The van der Waals surface area contributed by atoms with Gasteiger partial charge < -0.3 is 0 Å². The van der Waals surface area contributed by atoms with E-state index in [4.69, 9.17) is 0 Å². The number of rotatable bonds is 2. The Morgan fingerprint density at radius 1 is 1.38 bits per heavy atom. The van der Waals surface area contributed by atoms with Crippen molar-refractivity contribution in [2.24, 2.45) is 0 Å². The van der Waals surface area contributed by atoms with E-state index in [2.05, 4.69) is 29.0 Å². The van der Waals surface area contributed by atoms with Crippen LogP contribution in [0.3, 0.4) is 0 Å². The first-order valence-corrected chi connectivity index (χ1v) is 3.72. The molecular formula is C7H11Si. The van der Waals surface area contributed by atoms with Crippen molar-refractivity contribution in [3.63, 3.8) is 0 Å². The largest absolute Gasteiger partial charge is 0.107 e. The maximum atomic E-state index is 3.27. The zero-order valence-electron chi connectivity index (χ0n) is 5.33. The van der Waals surface area contributed by atoms with Crippen molar-refractivity contribution >= 4 is 10.2 Å². The van der Waals surface area contributed by atoms with Crippen LogP contribution in [0.15, 0.2) is 0 Å². The molecule has 0 saturated heterocycles. The smallest absolute Gasteiger partial charge is 0.0396 e. The highest BCUT2D eigenvalue weighted by Gasteiger charge is 1.73. The average Bonchev–Trinajstić information content (AvgIpc) is 1.81. The van der Waals surface area contributed by atoms with E-state index in [-0.39, 0.29) is 0 Å². The molecule has 0 aromatic rings. The molecule has 0 rings (SSSR count). The van der Waals surface area contributed by atoms with Gasteiger partial charge in [-0.25, -0.2) is 0 Å². The molecule has 0 nitrogen and oxygen atoms in total. The van der Waals surface area contributed by atoms with Crippen LogP contribution in [0.1, 0.15) is 26.2 Å². The fourth-order valence-electron chi connectivity index (χ4n) is 0.416. The molecule has 43 valence electrons. The molecule has 0 aromatic carbocycles. The molecule has 0 aromatic heterocycles. The second-order valence-electron chi connectivity index (χ2n) is 1.63. The van der Waals surface area contributed by atoms with Crippen LogP contribution in [0.4, 0.5) is 0 Å². The van der Waals surface area contributed by atoms with Gasteiger partial charge in [-0.05, 0) is 12.5 Å². The fourth-order valence-corrected chi connectivity index (χ4v) is 0.541. The fraction of sp³-hybridized carbons (Fsp3) is 0.714. The van der Waals surface area contributed by atoms with E-state index >= 15 is 0 Å². The Labute approximate surface area is 55.1 Å².